The number of amides is 1. The molecule has 25 heavy (non-hydrogen) atoms. The number of pyridine rings is 1. The molecule has 0 aliphatic carbocycles. The minimum absolute atomic E-state index is 0.0109. The fraction of sp³-hybridized carbons (Fsp3) is 0.500. The fourth-order valence-electron chi connectivity index (χ4n) is 3.01. The van der Waals surface area contributed by atoms with Crippen LogP contribution in [-0.4, -0.2) is 42.4 Å². The molecule has 1 fully saturated rings. The zero-order valence-electron chi connectivity index (χ0n) is 14.7. The summed E-state index contributed by atoms with van der Waals surface area (Å²) in [7, 11) is 0. The van der Waals surface area contributed by atoms with E-state index in [0.29, 0.717) is 32.6 Å². The van der Waals surface area contributed by atoms with Crippen LogP contribution in [0.2, 0.25) is 0 Å². The van der Waals surface area contributed by atoms with Gasteiger partial charge in [-0.25, -0.2) is 4.98 Å². The van der Waals surface area contributed by atoms with Crippen LogP contribution in [0.3, 0.4) is 0 Å². The average Bonchev–Trinajstić information content (AvgIpc) is 2.97. The molecule has 2 aromatic rings. The second-order valence-electron chi connectivity index (χ2n) is 6.17. The van der Waals surface area contributed by atoms with Gasteiger partial charge >= 0.3 is 0 Å². The lowest BCUT2D eigenvalue weighted by Crippen LogP contribution is -2.37. The highest BCUT2D eigenvalue weighted by atomic mass is 16.5. The predicted octanol–water partition coefficient (Wildman–Crippen LogP) is 1.77. The van der Waals surface area contributed by atoms with E-state index < -0.39 is 0 Å². The molecule has 1 N–H and O–H groups in total. The van der Waals surface area contributed by atoms with E-state index in [0.717, 1.165) is 41.5 Å². The van der Waals surface area contributed by atoms with Gasteiger partial charge in [-0.15, -0.1) is 0 Å². The molecule has 0 spiro atoms. The monoisotopic (exact) mass is 344 g/mol. The Bertz CT molecular complexity index is 703. The number of carbonyl (C=O) groups excluding carboxylic acids is 1. The number of anilines is 1. The van der Waals surface area contributed by atoms with Crippen LogP contribution >= 0.6 is 0 Å². The summed E-state index contributed by atoms with van der Waals surface area (Å²) in [4.78, 5) is 18.9. The molecule has 0 unspecified atom stereocenters. The SMILES string of the molecule is Cc1noc(C)c1CCC(=O)NCc1cccnc1N1CCOCC1. The first-order valence-electron chi connectivity index (χ1n) is 8.60. The molecule has 2 aromatic heterocycles. The van der Waals surface area contributed by atoms with Crippen molar-refractivity contribution in [2.45, 2.75) is 33.2 Å². The quantitative estimate of drug-likeness (QED) is 0.860. The number of rotatable bonds is 6. The first kappa shape index (κ1) is 17.4. The molecule has 0 radical (unpaired) electrons. The van der Waals surface area contributed by atoms with Crippen molar-refractivity contribution in [1.29, 1.82) is 0 Å². The van der Waals surface area contributed by atoms with Gasteiger partial charge in [0, 0.05) is 43.4 Å². The van der Waals surface area contributed by atoms with Crippen molar-refractivity contribution in [2.24, 2.45) is 0 Å². The van der Waals surface area contributed by atoms with E-state index >= 15 is 0 Å². The van der Waals surface area contributed by atoms with E-state index in [-0.39, 0.29) is 5.91 Å². The van der Waals surface area contributed by atoms with Crippen molar-refractivity contribution >= 4 is 11.7 Å². The number of hydrogen-bond acceptors (Lipinski definition) is 6. The number of aromatic nitrogens is 2. The molecule has 0 bridgehead atoms. The Morgan fingerprint density at radius 1 is 1.32 bits per heavy atom. The molecule has 134 valence electrons. The lowest BCUT2D eigenvalue weighted by Gasteiger charge is -2.29. The van der Waals surface area contributed by atoms with Crippen LogP contribution < -0.4 is 10.2 Å². The molecule has 1 saturated heterocycles. The van der Waals surface area contributed by atoms with Gasteiger partial charge in [0.2, 0.25) is 5.91 Å². The van der Waals surface area contributed by atoms with E-state index in [9.17, 15) is 4.79 Å². The maximum absolute atomic E-state index is 12.2. The number of ether oxygens (including phenoxy) is 1. The third-order valence-electron chi connectivity index (χ3n) is 4.44. The van der Waals surface area contributed by atoms with Crippen molar-refractivity contribution < 1.29 is 14.1 Å². The van der Waals surface area contributed by atoms with Crippen LogP contribution in [0.15, 0.2) is 22.9 Å². The number of hydrogen-bond donors (Lipinski definition) is 1. The second kappa shape index (κ2) is 8.11. The van der Waals surface area contributed by atoms with E-state index in [1.165, 1.54) is 0 Å². The highest BCUT2D eigenvalue weighted by Crippen LogP contribution is 2.18. The van der Waals surface area contributed by atoms with Gasteiger partial charge in [-0.05, 0) is 26.3 Å². The smallest absolute Gasteiger partial charge is 0.220 e. The van der Waals surface area contributed by atoms with Gasteiger partial charge < -0.3 is 19.5 Å². The zero-order chi connectivity index (χ0) is 17.6. The summed E-state index contributed by atoms with van der Waals surface area (Å²) in [5.41, 5.74) is 2.90. The van der Waals surface area contributed by atoms with Gasteiger partial charge in [0.25, 0.3) is 0 Å². The number of aryl methyl sites for hydroxylation is 2. The highest BCUT2D eigenvalue weighted by Gasteiger charge is 2.16. The van der Waals surface area contributed by atoms with Crippen LogP contribution in [-0.2, 0) is 22.5 Å². The molecular formula is C18H24N4O3. The van der Waals surface area contributed by atoms with Crippen LogP contribution in [0, 0.1) is 13.8 Å². The third-order valence-corrected chi connectivity index (χ3v) is 4.44. The van der Waals surface area contributed by atoms with E-state index in [1.807, 2.05) is 26.0 Å². The molecule has 0 aromatic carbocycles. The highest BCUT2D eigenvalue weighted by molar-refractivity contribution is 5.76. The van der Waals surface area contributed by atoms with Gasteiger partial charge in [0.05, 0.1) is 18.9 Å². The standard InChI is InChI=1S/C18H24N4O3/c1-13-16(14(2)25-21-13)5-6-17(23)20-12-15-4-3-7-19-18(15)22-8-10-24-11-9-22/h3-4,7H,5-6,8-12H2,1-2H3,(H,20,23). The van der Waals surface area contributed by atoms with Crippen molar-refractivity contribution in [2.75, 3.05) is 31.2 Å². The lowest BCUT2D eigenvalue weighted by atomic mass is 10.1. The summed E-state index contributed by atoms with van der Waals surface area (Å²) in [6.07, 6.45) is 2.83. The van der Waals surface area contributed by atoms with Crippen molar-refractivity contribution in [3.05, 3.63) is 40.9 Å². The van der Waals surface area contributed by atoms with Gasteiger partial charge in [-0.2, -0.15) is 0 Å². The molecule has 1 aliphatic rings. The fourth-order valence-corrected chi connectivity index (χ4v) is 3.01. The molecule has 3 heterocycles. The van der Waals surface area contributed by atoms with Crippen molar-refractivity contribution in [3.8, 4) is 0 Å². The lowest BCUT2D eigenvalue weighted by molar-refractivity contribution is -0.121. The molecule has 7 nitrogen and oxygen atoms in total. The summed E-state index contributed by atoms with van der Waals surface area (Å²) in [5.74, 6) is 1.72. The number of morpholine rings is 1. The van der Waals surface area contributed by atoms with E-state index in [4.69, 9.17) is 9.26 Å². The van der Waals surface area contributed by atoms with Crippen LogP contribution in [0.5, 0.6) is 0 Å². The Morgan fingerprint density at radius 3 is 2.84 bits per heavy atom. The minimum Gasteiger partial charge on any atom is -0.378 e. The zero-order valence-corrected chi connectivity index (χ0v) is 14.7. The summed E-state index contributed by atoms with van der Waals surface area (Å²) in [6, 6.07) is 3.90. The molecule has 1 amide bonds. The summed E-state index contributed by atoms with van der Waals surface area (Å²) in [5, 5.41) is 6.91. The van der Waals surface area contributed by atoms with Crippen LogP contribution in [0.1, 0.15) is 29.0 Å². The Morgan fingerprint density at radius 2 is 2.12 bits per heavy atom. The van der Waals surface area contributed by atoms with Gasteiger partial charge in [0.1, 0.15) is 11.6 Å². The van der Waals surface area contributed by atoms with E-state index in [2.05, 4.69) is 20.4 Å². The van der Waals surface area contributed by atoms with Crippen molar-refractivity contribution in [3.63, 3.8) is 0 Å². The van der Waals surface area contributed by atoms with E-state index in [1.54, 1.807) is 6.20 Å². The molecule has 1 aliphatic heterocycles. The summed E-state index contributed by atoms with van der Waals surface area (Å²) >= 11 is 0. The maximum Gasteiger partial charge on any atom is 0.220 e. The average molecular weight is 344 g/mol. The molecule has 0 atom stereocenters. The normalized spacial score (nSPS) is 14.6. The van der Waals surface area contributed by atoms with Gasteiger partial charge in [-0.1, -0.05) is 11.2 Å². The summed E-state index contributed by atoms with van der Waals surface area (Å²) < 4.78 is 10.5. The Balaban J connectivity index is 1.55. The molecule has 7 heteroatoms. The largest absolute Gasteiger partial charge is 0.378 e. The second-order valence-corrected chi connectivity index (χ2v) is 6.17. The van der Waals surface area contributed by atoms with Crippen molar-refractivity contribution in [1.82, 2.24) is 15.5 Å². The number of nitrogens with zero attached hydrogens (tertiary/aromatic N) is 3. The molecule has 3 rings (SSSR count). The first-order valence-corrected chi connectivity index (χ1v) is 8.60. The number of nitrogens with one attached hydrogen (secondary N) is 1. The topological polar surface area (TPSA) is 80.5 Å². The third kappa shape index (κ3) is 4.36. The Labute approximate surface area is 147 Å². The van der Waals surface area contributed by atoms with Crippen LogP contribution in [0.4, 0.5) is 5.82 Å². The predicted molar refractivity (Wildman–Crippen MR) is 93.4 cm³/mol. The molecular weight excluding hydrogens is 320 g/mol. The first-order chi connectivity index (χ1) is 12.1. The Hall–Kier alpha value is -2.41. The van der Waals surface area contributed by atoms with Gasteiger partial charge in [-0.3, -0.25) is 4.79 Å². The summed E-state index contributed by atoms with van der Waals surface area (Å²) in [6.45, 7) is 7.31. The van der Waals surface area contributed by atoms with Crippen LogP contribution in [0.25, 0.3) is 0 Å². The van der Waals surface area contributed by atoms with Gasteiger partial charge in [0.15, 0.2) is 0 Å². The number of carbonyl (C=O) groups is 1. The molecule has 0 saturated carbocycles. The minimum atomic E-state index is 0.0109. The maximum atomic E-state index is 12.2. The Kier molecular flexibility index (Phi) is 5.65.